The first-order chi connectivity index (χ1) is 22.3. The van der Waals surface area contributed by atoms with Crippen LogP contribution in [0.2, 0.25) is 0 Å². The zero-order chi connectivity index (χ0) is 32.1. The van der Waals surface area contributed by atoms with Gasteiger partial charge in [0.05, 0.1) is 12.2 Å². The summed E-state index contributed by atoms with van der Waals surface area (Å²) >= 11 is 0. The van der Waals surface area contributed by atoms with Gasteiger partial charge in [-0.15, -0.1) is 0 Å². The monoisotopic (exact) mass is 621 g/mol. The van der Waals surface area contributed by atoms with Gasteiger partial charge in [-0.25, -0.2) is 0 Å². The maximum atomic E-state index is 11.6. The van der Waals surface area contributed by atoms with Crippen molar-refractivity contribution in [1.29, 1.82) is 0 Å². The smallest absolute Gasteiger partial charge is 0.283 e. The molecule has 1 radical (unpaired) electrons. The third-order valence-electron chi connectivity index (χ3n) is 8.29. The summed E-state index contributed by atoms with van der Waals surface area (Å²) in [5.41, 5.74) is 4.83. The highest BCUT2D eigenvalue weighted by Gasteiger charge is 2.36. The van der Waals surface area contributed by atoms with Gasteiger partial charge in [-0.2, -0.15) is 0 Å². The van der Waals surface area contributed by atoms with Crippen LogP contribution >= 0.6 is 0 Å². The lowest BCUT2D eigenvalue weighted by molar-refractivity contribution is 0.0857. The topological polar surface area (TPSA) is 38.7 Å². The predicted molar refractivity (Wildman–Crippen MR) is 192 cm³/mol. The minimum Gasteiger partial charge on any atom is -0.489 e. The number of ether oxygens (including phenoxy) is 1. The van der Waals surface area contributed by atoms with Gasteiger partial charge in [0.2, 0.25) is 0 Å². The van der Waals surface area contributed by atoms with Gasteiger partial charge in [-0.1, -0.05) is 148 Å². The molecular formula is C42H41O3Si. The van der Waals surface area contributed by atoms with E-state index in [9.17, 15) is 5.11 Å². The zero-order valence-corrected chi connectivity index (χ0v) is 28.0. The molecule has 0 aliphatic carbocycles. The van der Waals surface area contributed by atoms with Crippen molar-refractivity contribution in [3.05, 3.63) is 162 Å². The fraction of sp³-hybridized carbons (Fsp3) is 0.190. The van der Waals surface area contributed by atoms with Crippen LogP contribution in [0, 0.1) is 5.41 Å². The summed E-state index contributed by atoms with van der Waals surface area (Å²) in [6.45, 7) is 9.04. The molecule has 0 heterocycles. The lowest BCUT2D eigenvalue weighted by atomic mass is 9.78. The van der Waals surface area contributed by atoms with Crippen molar-refractivity contribution >= 4 is 30.2 Å². The Kier molecular flexibility index (Phi) is 9.50. The van der Waals surface area contributed by atoms with E-state index in [4.69, 9.17) is 9.16 Å². The molecule has 0 aliphatic heterocycles. The number of aliphatic hydroxyl groups excluding tert-OH is 1. The van der Waals surface area contributed by atoms with E-state index in [0.29, 0.717) is 6.61 Å². The van der Waals surface area contributed by atoms with Crippen LogP contribution in [0.15, 0.2) is 146 Å². The standard InChI is InChI=1S/C42H41O3Si/c1-30(43)39-38(41(42(2,3)4)45-46(35-21-13-7-14-22-35)36-23-15-8-16-24-36)28-33-27-34(44-29-31-17-9-5-10-18-31)25-26-37(33)40(39)32-19-11-6-12-20-32/h5-28,30,41,43H,29H2,1-4H3. The zero-order valence-electron chi connectivity index (χ0n) is 27.0. The average Bonchev–Trinajstić information content (AvgIpc) is 3.08. The van der Waals surface area contributed by atoms with E-state index in [2.05, 4.69) is 124 Å². The van der Waals surface area contributed by atoms with Crippen LogP contribution < -0.4 is 15.1 Å². The van der Waals surface area contributed by atoms with Crippen LogP contribution in [0.5, 0.6) is 5.75 Å². The number of hydrogen-bond donors (Lipinski definition) is 1. The molecule has 0 bridgehead atoms. The molecular weight excluding hydrogens is 581 g/mol. The highest BCUT2D eigenvalue weighted by atomic mass is 28.3. The molecule has 2 atom stereocenters. The lowest BCUT2D eigenvalue weighted by Gasteiger charge is -2.37. The number of benzene rings is 6. The van der Waals surface area contributed by atoms with E-state index in [1.165, 1.54) is 10.4 Å². The minimum absolute atomic E-state index is 0.286. The summed E-state index contributed by atoms with van der Waals surface area (Å²) in [5.74, 6) is 0.803. The summed E-state index contributed by atoms with van der Waals surface area (Å²) in [6, 6.07) is 50.2. The van der Waals surface area contributed by atoms with E-state index in [1.54, 1.807) is 0 Å². The molecule has 0 aromatic heterocycles. The highest BCUT2D eigenvalue weighted by molar-refractivity contribution is 6.80. The van der Waals surface area contributed by atoms with E-state index in [1.807, 2.05) is 49.4 Å². The van der Waals surface area contributed by atoms with Gasteiger partial charge in [0, 0.05) is 0 Å². The fourth-order valence-electron chi connectivity index (χ4n) is 6.14. The Morgan fingerprint density at radius 3 is 1.76 bits per heavy atom. The molecule has 46 heavy (non-hydrogen) atoms. The molecule has 4 heteroatoms. The molecule has 0 amide bonds. The highest BCUT2D eigenvalue weighted by Crippen LogP contribution is 2.46. The van der Waals surface area contributed by atoms with Crippen molar-refractivity contribution < 1.29 is 14.3 Å². The largest absolute Gasteiger partial charge is 0.489 e. The van der Waals surface area contributed by atoms with Crippen LogP contribution in [-0.2, 0) is 11.0 Å². The first-order valence-corrected chi connectivity index (χ1v) is 17.4. The molecule has 3 nitrogen and oxygen atoms in total. The molecule has 1 N–H and O–H groups in total. The molecule has 0 saturated heterocycles. The van der Waals surface area contributed by atoms with Crippen LogP contribution in [0.4, 0.5) is 0 Å². The van der Waals surface area contributed by atoms with Crippen molar-refractivity contribution in [2.75, 3.05) is 0 Å². The van der Waals surface area contributed by atoms with Crippen LogP contribution in [0.25, 0.3) is 21.9 Å². The molecule has 0 saturated carbocycles. The molecule has 2 unspecified atom stereocenters. The van der Waals surface area contributed by atoms with Crippen molar-refractivity contribution in [3.8, 4) is 16.9 Å². The van der Waals surface area contributed by atoms with Gasteiger partial charge in [0.1, 0.15) is 12.4 Å². The van der Waals surface area contributed by atoms with Gasteiger partial charge in [0.15, 0.2) is 0 Å². The number of rotatable bonds is 10. The summed E-state index contributed by atoms with van der Waals surface area (Å²) in [6.07, 6.45) is -1.03. The molecule has 6 aromatic carbocycles. The van der Waals surface area contributed by atoms with Gasteiger partial charge in [-0.3, -0.25) is 0 Å². The first-order valence-electron chi connectivity index (χ1n) is 15.9. The second kappa shape index (κ2) is 13.9. The Hall–Kier alpha value is -4.48. The summed E-state index contributed by atoms with van der Waals surface area (Å²) in [7, 11) is -1.65. The Morgan fingerprint density at radius 1 is 0.674 bits per heavy atom. The quantitative estimate of drug-likeness (QED) is 0.155. The number of hydrogen-bond acceptors (Lipinski definition) is 3. The van der Waals surface area contributed by atoms with Crippen molar-refractivity contribution in [2.24, 2.45) is 5.41 Å². The van der Waals surface area contributed by atoms with Crippen LogP contribution in [0.3, 0.4) is 0 Å². The molecule has 6 rings (SSSR count). The van der Waals surface area contributed by atoms with E-state index < -0.39 is 15.1 Å². The average molecular weight is 622 g/mol. The maximum Gasteiger partial charge on any atom is 0.283 e. The summed E-state index contributed by atoms with van der Waals surface area (Å²) in [5, 5.41) is 16.1. The van der Waals surface area contributed by atoms with Crippen molar-refractivity contribution in [2.45, 2.75) is 46.5 Å². The Bertz CT molecular complexity index is 1830. The lowest BCUT2D eigenvalue weighted by Crippen LogP contribution is -2.47. The minimum atomic E-state index is -1.65. The molecule has 0 spiro atoms. The van der Waals surface area contributed by atoms with Crippen LogP contribution in [-0.4, -0.2) is 14.1 Å². The van der Waals surface area contributed by atoms with Crippen LogP contribution in [0.1, 0.15) is 56.6 Å². The number of fused-ring (bicyclic) bond motifs is 1. The van der Waals surface area contributed by atoms with Gasteiger partial charge >= 0.3 is 0 Å². The SMILES string of the molecule is CC(O)c1c(C(O[Si](c2ccccc2)c2ccccc2)C(C)(C)C)cc2cc(OCc3ccccc3)ccc2c1-c1ccccc1. The Morgan fingerprint density at radius 2 is 1.22 bits per heavy atom. The molecule has 0 aliphatic rings. The van der Waals surface area contributed by atoms with E-state index >= 15 is 0 Å². The van der Waals surface area contributed by atoms with Crippen molar-refractivity contribution in [1.82, 2.24) is 0 Å². The van der Waals surface area contributed by atoms with E-state index in [0.717, 1.165) is 44.3 Å². The van der Waals surface area contributed by atoms with Gasteiger partial charge < -0.3 is 14.3 Å². The maximum absolute atomic E-state index is 11.6. The van der Waals surface area contributed by atoms with Crippen molar-refractivity contribution in [3.63, 3.8) is 0 Å². The summed E-state index contributed by atoms with van der Waals surface area (Å²) in [4.78, 5) is 0. The van der Waals surface area contributed by atoms with Gasteiger partial charge in [0.25, 0.3) is 9.04 Å². The first kappa shape index (κ1) is 31.5. The molecule has 0 fully saturated rings. The third kappa shape index (κ3) is 7.00. The fourth-order valence-corrected chi connectivity index (χ4v) is 8.45. The van der Waals surface area contributed by atoms with Gasteiger partial charge in [-0.05, 0) is 79.5 Å². The summed E-state index contributed by atoms with van der Waals surface area (Å²) < 4.78 is 13.7. The third-order valence-corrected chi connectivity index (χ3v) is 10.5. The van der Waals surface area contributed by atoms with E-state index in [-0.39, 0.29) is 11.5 Å². The Balaban J connectivity index is 1.55. The predicted octanol–water partition coefficient (Wildman–Crippen LogP) is 9.05. The second-order valence-electron chi connectivity index (χ2n) is 12.9. The number of aliphatic hydroxyl groups is 1. The molecule has 6 aromatic rings. The normalized spacial score (nSPS) is 13.1. The second-order valence-corrected chi connectivity index (χ2v) is 14.9. The molecule has 231 valence electrons. The Labute approximate surface area is 274 Å².